The lowest BCUT2D eigenvalue weighted by Gasteiger charge is -2.16. The standard InChI is InChI=1S/C16H22N4/c1-12-5-7-14(8-6-12)10-20(4)11-16-18-13(2)9-15(17-3)19-16/h5-9H,10-11H2,1-4H3,(H,17,18,19). The molecule has 0 fully saturated rings. The average molecular weight is 270 g/mol. The second-order valence-corrected chi connectivity index (χ2v) is 5.22. The third-order valence-electron chi connectivity index (χ3n) is 3.14. The third-order valence-corrected chi connectivity index (χ3v) is 3.14. The maximum absolute atomic E-state index is 4.48. The van der Waals surface area contributed by atoms with Crippen molar-refractivity contribution in [2.24, 2.45) is 0 Å². The van der Waals surface area contributed by atoms with Crippen molar-refractivity contribution in [3.63, 3.8) is 0 Å². The molecule has 0 atom stereocenters. The zero-order chi connectivity index (χ0) is 14.5. The monoisotopic (exact) mass is 270 g/mol. The Balaban J connectivity index is 2.02. The largest absolute Gasteiger partial charge is 0.373 e. The molecule has 0 bridgehead atoms. The van der Waals surface area contributed by atoms with E-state index in [1.165, 1.54) is 11.1 Å². The second kappa shape index (κ2) is 6.48. The molecule has 4 heteroatoms. The highest BCUT2D eigenvalue weighted by Gasteiger charge is 2.06. The van der Waals surface area contributed by atoms with E-state index in [1.807, 2.05) is 20.0 Å². The molecule has 0 aliphatic carbocycles. The van der Waals surface area contributed by atoms with E-state index in [1.54, 1.807) is 0 Å². The van der Waals surface area contributed by atoms with Crippen molar-refractivity contribution < 1.29 is 0 Å². The molecule has 2 rings (SSSR count). The van der Waals surface area contributed by atoms with Gasteiger partial charge in [0.15, 0.2) is 0 Å². The van der Waals surface area contributed by atoms with Crippen LogP contribution in [0.3, 0.4) is 0 Å². The fourth-order valence-corrected chi connectivity index (χ4v) is 2.13. The highest BCUT2D eigenvalue weighted by molar-refractivity contribution is 5.34. The van der Waals surface area contributed by atoms with Gasteiger partial charge in [0.25, 0.3) is 0 Å². The predicted octanol–water partition coefficient (Wildman–Crippen LogP) is 2.77. The molecule has 1 aromatic heterocycles. The number of hydrogen-bond donors (Lipinski definition) is 1. The smallest absolute Gasteiger partial charge is 0.144 e. The molecular weight excluding hydrogens is 248 g/mol. The molecule has 0 saturated heterocycles. The zero-order valence-corrected chi connectivity index (χ0v) is 12.6. The first kappa shape index (κ1) is 14.5. The molecule has 4 nitrogen and oxygen atoms in total. The van der Waals surface area contributed by atoms with Gasteiger partial charge in [0.1, 0.15) is 11.6 Å². The summed E-state index contributed by atoms with van der Waals surface area (Å²) in [5.74, 6) is 1.72. The highest BCUT2D eigenvalue weighted by Crippen LogP contribution is 2.10. The van der Waals surface area contributed by atoms with Gasteiger partial charge in [0, 0.05) is 25.4 Å². The summed E-state index contributed by atoms with van der Waals surface area (Å²) in [6.07, 6.45) is 0. The SMILES string of the molecule is CNc1cc(C)nc(CN(C)Cc2ccc(C)cc2)n1. The molecular formula is C16H22N4. The number of rotatable bonds is 5. The Morgan fingerprint density at radius 2 is 1.75 bits per heavy atom. The molecule has 0 aliphatic rings. The Morgan fingerprint density at radius 1 is 1.05 bits per heavy atom. The molecule has 0 spiro atoms. The summed E-state index contributed by atoms with van der Waals surface area (Å²) >= 11 is 0. The average Bonchev–Trinajstić information content (AvgIpc) is 2.40. The van der Waals surface area contributed by atoms with Crippen molar-refractivity contribution in [2.45, 2.75) is 26.9 Å². The molecule has 0 saturated carbocycles. The van der Waals surface area contributed by atoms with Crippen LogP contribution >= 0.6 is 0 Å². The predicted molar refractivity (Wildman–Crippen MR) is 82.7 cm³/mol. The quantitative estimate of drug-likeness (QED) is 0.907. The Labute approximate surface area is 120 Å². The summed E-state index contributed by atoms with van der Waals surface area (Å²) in [5, 5.41) is 3.07. The molecule has 0 unspecified atom stereocenters. The number of anilines is 1. The van der Waals surface area contributed by atoms with E-state index in [-0.39, 0.29) is 0 Å². The number of hydrogen-bond acceptors (Lipinski definition) is 4. The van der Waals surface area contributed by atoms with Gasteiger partial charge in [-0.05, 0) is 26.5 Å². The molecule has 0 amide bonds. The van der Waals surface area contributed by atoms with Crippen LogP contribution in [0.1, 0.15) is 22.6 Å². The van der Waals surface area contributed by atoms with Crippen molar-refractivity contribution in [3.05, 3.63) is 53.0 Å². The summed E-state index contributed by atoms with van der Waals surface area (Å²) in [6, 6.07) is 10.6. The minimum atomic E-state index is 0.740. The van der Waals surface area contributed by atoms with Crippen molar-refractivity contribution in [3.8, 4) is 0 Å². The minimum Gasteiger partial charge on any atom is -0.373 e. The van der Waals surface area contributed by atoms with Gasteiger partial charge < -0.3 is 5.32 Å². The molecule has 106 valence electrons. The van der Waals surface area contributed by atoms with E-state index in [0.717, 1.165) is 30.4 Å². The number of nitrogens with zero attached hydrogens (tertiary/aromatic N) is 3. The fourth-order valence-electron chi connectivity index (χ4n) is 2.13. The van der Waals surface area contributed by atoms with Crippen LogP contribution in [0.4, 0.5) is 5.82 Å². The van der Waals surface area contributed by atoms with Crippen LogP contribution in [-0.4, -0.2) is 29.0 Å². The van der Waals surface area contributed by atoms with Crippen molar-refractivity contribution in [1.82, 2.24) is 14.9 Å². The van der Waals surface area contributed by atoms with E-state index in [2.05, 4.69) is 58.4 Å². The molecule has 2 aromatic rings. The zero-order valence-electron chi connectivity index (χ0n) is 12.6. The Bertz CT molecular complexity index is 563. The Kier molecular flexibility index (Phi) is 4.69. The Morgan fingerprint density at radius 3 is 2.40 bits per heavy atom. The number of aromatic nitrogens is 2. The maximum Gasteiger partial charge on any atom is 0.144 e. The van der Waals surface area contributed by atoms with Crippen molar-refractivity contribution in [2.75, 3.05) is 19.4 Å². The first-order valence-electron chi connectivity index (χ1n) is 6.83. The van der Waals surface area contributed by atoms with Crippen LogP contribution in [0, 0.1) is 13.8 Å². The summed E-state index contributed by atoms with van der Waals surface area (Å²) in [5.41, 5.74) is 3.58. The summed E-state index contributed by atoms with van der Waals surface area (Å²) in [6.45, 7) is 5.73. The normalized spacial score (nSPS) is 10.8. The molecule has 1 aromatic carbocycles. The van der Waals surface area contributed by atoms with Gasteiger partial charge in [-0.1, -0.05) is 29.8 Å². The minimum absolute atomic E-state index is 0.740. The lowest BCUT2D eigenvalue weighted by molar-refractivity contribution is 0.310. The van der Waals surface area contributed by atoms with Gasteiger partial charge in [0.2, 0.25) is 0 Å². The van der Waals surface area contributed by atoms with Gasteiger partial charge in [-0.3, -0.25) is 4.90 Å². The van der Waals surface area contributed by atoms with Crippen molar-refractivity contribution >= 4 is 5.82 Å². The topological polar surface area (TPSA) is 41.1 Å². The molecule has 1 heterocycles. The van der Waals surface area contributed by atoms with E-state index < -0.39 is 0 Å². The highest BCUT2D eigenvalue weighted by atomic mass is 15.1. The van der Waals surface area contributed by atoms with E-state index in [9.17, 15) is 0 Å². The molecule has 1 N–H and O–H groups in total. The van der Waals surface area contributed by atoms with Crippen LogP contribution in [0.2, 0.25) is 0 Å². The first-order chi connectivity index (χ1) is 9.56. The van der Waals surface area contributed by atoms with Gasteiger partial charge in [-0.15, -0.1) is 0 Å². The first-order valence-corrected chi connectivity index (χ1v) is 6.83. The second-order valence-electron chi connectivity index (χ2n) is 5.22. The number of aryl methyl sites for hydroxylation is 2. The third kappa shape index (κ3) is 4.03. The number of benzene rings is 1. The lowest BCUT2D eigenvalue weighted by Crippen LogP contribution is -2.19. The Hall–Kier alpha value is -1.94. The maximum atomic E-state index is 4.48. The molecule has 0 aliphatic heterocycles. The van der Waals surface area contributed by atoms with E-state index in [0.29, 0.717) is 0 Å². The fraction of sp³-hybridized carbons (Fsp3) is 0.375. The van der Waals surface area contributed by atoms with Gasteiger partial charge >= 0.3 is 0 Å². The molecule has 0 radical (unpaired) electrons. The van der Waals surface area contributed by atoms with E-state index >= 15 is 0 Å². The number of nitrogens with one attached hydrogen (secondary N) is 1. The van der Waals surface area contributed by atoms with Crippen LogP contribution in [0.25, 0.3) is 0 Å². The van der Waals surface area contributed by atoms with Gasteiger partial charge in [0.05, 0.1) is 6.54 Å². The van der Waals surface area contributed by atoms with Gasteiger partial charge in [-0.25, -0.2) is 9.97 Å². The van der Waals surface area contributed by atoms with E-state index in [4.69, 9.17) is 0 Å². The lowest BCUT2D eigenvalue weighted by atomic mass is 10.1. The summed E-state index contributed by atoms with van der Waals surface area (Å²) < 4.78 is 0. The summed E-state index contributed by atoms with van der Waals surface area (Å²) in [4.78, 5) is 11.2. The van der Waals surface area contributed by atoms with Crippen LogP contribution in [-0.2, 0) is 13.1 Å². The van der Waals surface area contributed by atoms with Gasteiger partial charge in [-0.2, -0.15) is 0 Å². The van der Waals surface area contributed by atoms with Crippen molar-refractivity contribution in [1.29, 1.82) is 0 Å². The van der Waals surface area contributed by atoms with Crippen LogP contribution in [0.15, 0.2) is 30.3 Å². The molecule has 20 heavy (non-hydrogen) atoms. The summed E-state index contributed by atoms with van der Waals surface area (Å²) in [7, 11) is 3.96. The van der Waals surface area contributed by atoms with Crippen LogP contribution < -0.4 is 5.32 Å². The van der Waals surface area contributed by atoms with Crippen LogP contribution in [0.5, 0.6) is 0 Å².